The van der Waals surface area contributed by atoms with E-state index in [9.17, 15) is 4.79 Å². The molecule has 2 aromatic rings. The molecule has 1 aliphatic rings. The Morgan fingerprint density at radius 1 is 1.32 bits per heavy atom. The number of amides is 1. The van der Waals surface area contributed by atoms with E-state index < -0.39 is 0 Å². The molecule has 0 fully saturated rings. The molecule has 0 saturated heterocycles. The maximum atomic E-state index is 12.1. The zero-order chi connectivity index (χ0) is 15.7. The van der Waals surface area contributed by atoms with Gasteiger partial charge in [0.25, 0.3) is 0 Å². The van der Waals surface area contributed by atoms with Crippen molar-refractivity contribution in [3.63, 3.8) is 0 Å². The molecule has 1 aromatic heterocycles. The first kappa shape index (κ1) is 14.7. The summed E-state index contributed by atoms with van der Waals surface area (Å²) >= 11 is 0. The van der Waals surface area contributed by atoms with Gasteiger partial charge in [0.1, 0.15) is 0 Å². The lowest BCUT2D eigenvalue weighted by Crippen LogP contribution is -2.46. The van der Waals surface area contributed by atoms with E-state index in [1.54, 1.807) is 0 Å². The highest BCUT2D eigenvalue weighted by molar-refractivity contribution is 5.78. The van der Waals surface area contributed by atoms with Gasteiger partial charge in [0.15, 0.2) is 11.6 Å². The number of hydrogen-bond donors (Lipinski definition) is 1. The number of carbonyl (C=O) groups is 1. The molecule has 0 spiro atoms. The van der Waals surface area contributed by atoms with Crippen LogP contribution < -0.4 is 5.73 Å². The zero-order valence-corrected chi connectivity index (χ0v) is 12.9. The van der Waals surface area contributed by atoms with Crippen LogP contribution in [0.3, 0.4) is 0 Å². The molecule has 0 unspecified atom stereocenters. The number of benzene rings is 1. The summed E-state index contributed by atoms with van der Waals surface area (Å²) in [5.41, 5.74) is 6.54. The van der Waals surface area contributed by atoms with E-state index >= 15 is 0 Å². The van der Waals surface area contributed by atoms with Crippen molar-refractivity contribution in [1.82, 2.24) is 19.7 Å². The lowest BCUT2D eigenvalue weighted by molar-refractivity contribution is -0.134. The molecule has 1 aliphatic heterocycles. The predicted molar refractivity (Wildman–Crippen MR) is 83.8 cm³/mol. The van der Waals surface area contributed by atoms with Crippen LogP contribution in [0.4, 0.5) is 0 Å². The van der Waals surface area contributed by atoms with Crippen LogP contribution in [0, 0.1) is 5.92 Å². The quantitative estimate of drug-likeness (QED) is 0.930. The van der Waals surface area contributed by atoms with Crippen molar-refractivity contribution in [1.29, 1.82) is 0 Å². The Morgan fingerprint density at radius 3 is 2.68 bits per heavy atom. The Morgan fingerprint density at radius 2 is 2.05 bits per heavy atom. The third kappa shape index (κ3) is 2.50. The van der Waals surface area contributed by atoms with Crippen LogP contribution in [0.15, 0.2) is 30.3 Å². The number of nitrogens with zero attached hydrogens (tertiary/aromatic N) is 4. The van der Waals surface area contributed by atoms with Crippen LogP contribution in [-0.2, 0) is 11.3 Å². The molecule has 2 N–H and O–H groups in total. The molecule has 0 aliphatic carbocycles. The monoisotopic (exact) mass is 299 g/mol. The summed E-state index contributed by atoms with van der Waals surface area (Å²) in [6.07, 6.45) is 0. The van der Waals surface area contributed by atoms with Crippen LogP contribution in [0.2, 0.25) is 0 Å². The van der Waals surface area contributed by atoms with Crippen LogP contribution in [0.25, 0.3) is 11.4 Å². The first-order valence-corrected chi connectivity index (χ1v) is 7.61. The van der Waals surface area contributed by atoms with E-state index in [-0.39, 0.29) is 24.4 Å². The smallest absolute Gasteiger partial charge is 0.237 e. The van der Waals surface area contributed by atoms with Gasteiger partial charge in [-0.25, -0.2) is 9.67 Å². The summed E-state index contributed by atoms with van der Waals surface area (Å²) < 4.78 is 1.92. The highest BCUT2D eigenvalue weighted by Gasteiger charge is 2.35. The molecule has 6 nitrogen and oxygen atoms in total. The van der Waals surface area contributed by atoms with Gasteiger partial charge in [-0.15, -0.1) is 0 Å². The third-order valence-corrected chi connectivity index (χ3v) is 4.01. The predicted octanol–water partition coefficient (Wildman–Crippen LogP) is 1.44. The summed E-state index contributed by atoms with van der Waals surface area (Å²) in [7, 11) is 0. The maximum absolute atomic E-state index is 12.1. The normalized spacial score (nSPS) is 17.6. The highest BCUT2D eigenvalue weighted by atomic mass is 16.2. The van der Waals surface area contributed by atoms with Gasteiger partial charge in [0.05, 0.1) is 19.1 Å². The topological polar surface area (TPSA) is 77.0 Å². The minimum absolute atomic E-state index is 0.0307. The standard InChI is InChI=1S/C16H21N5O/c1-11(2)14-16-18-15(12-6-4-3-5-7-12)19-21(16)9-8-20(14)13(22)10-17/h3-7,11,14H,8-10,17H2,1-2H3/t14-/m0/s1. The number of nitrogens with two attached hydrogens (primary N) is 1. The average Bonchev–Trinajstić information content (AvgIpc) is 2.97. The molecule has 0 saturated carbocycles. The number of rotatable bonds is 3. The molecular formula is C16H21N5O. The van der Waals surface area contributed by atoms with E-state index in [4.69, 9.17) is 10.7 Å². The van der Waals surface area contributed by atoms with Crippen molar-refractivity contribution in [2.75, 3.05) is 13.1 Å². The highest BCUT2D eigenvalue weighted by Crippen LogP contribution is 2.32. The summed E-state index contributed by atoms with van der Waals surface area (Å²) in [4.78, 5) is 18.7. The molecule has 2 heterocycles. The lowest BCUT2D eigenvalue weighted by atomic mass is 10.00. The number of aromatic nitrogens is 3. The van der Waals surface area contributed by atoms with Gasteiger partial charge in [-0.2, -0.15) is 5.10 Å². The Balaban J connectivity index is 2.01. The molecule has 1 aromatic carbocycles. The van der Waals surface area contributed by atoms with Crippen molar-refractivity contribution in [3.8, 4) is 11.4 Å². The van der Waals surface area contributed by atoms with Crippen LogP contribution in [0.5, 0.6) is 0 Å². The fraction of sp³-hybridized carbons (Fsp3) is 0.438. The van der Waals surface area contributed by atoms with E-state index in [2.05, 4.69) is 18.9 Å². The van der Waals surface area contributed by atoms with E-state index in [1.165, 1.54) is 0 Å². The first-order valence-electron chi connectivity index (χ1n) is 7.61. The van der Waals surface area contributed by atoms with Gasteiger partial charge >= 0.3 is 0 Å². The SMILES string of the molecule is CC(C)[C@H]1c2nc(-c3ccccc3)nn2CCN1C(=O)CN. The molecule has 3 rings (SSSR count). The first-order chi connectivity index (χ1) is 10.6. The summed E-state index contributed by atoms with van der Waals surface area (Å²) in [6, 6.07) is 9.83. The summed E-state index contributed by atoms with van der Waals surface area (Å²) in [5.74, 6) is 1.78. The second kappa shape index (κ2) is 5.88. The van der Waals surface area contributed by atoms with E-state index in [0.29, 0.717) is 18.9 Å². The van der Waals surface area contributed by atoms with Gasteiger partial charge in [-0.3, -0.25) is 4.79 Å². The van der Waals surface area contributed by atoms with Crippen LogP contribution in [0.1, 0.15) is 25.7 Å². The van der Waals surface area contributed by atoms with Crippen molar-refractivity contribution >= 4 is 5.91 Å². The second-order valence-electron chi connectivity index (χ2n) is 5.86. The molecule has 22 heavy (non-hydrogen) atoms. The molecule has 6 heteroatoms. The van der Waals surface area contributed by atoms with E-state index in [0.717, 1.165) is 11.4 Å². The number of hydrogen-bond acceptors (Lipinski definition) is 4. The number of fused-ring (bicyclic) bond motifs is 1. The fourth-order valence-corrected chi connectivity index (χ4v) is 2.98. The maximum Gasteiger partial charge on any atom is 0.237 e. The minimum atomic E-state index is -0.0743. The average molecular weight is 299 g/mol. The Labute approximate surface area is 129 Å². The van der Waals surface area contributed by atoms with Crippen molar-refractivity contribution < 1.29 is 4.79 Å². The summed E-state index contributed by atoms with van der Waals surface area (Å²) in [6.45, 7) is 5.50. The minimum Gasteiger partial charge on any atom is -0.329 e. The van der Waals surface area contributed by atoms with Crippen molar-refractivity contribution in [2.24, 2.45) is 11.7 Å². The van der Waals surface area contributed by atoms with Gasteiger partial charge in [0, 0.05) is 12.1 Å². The summed E-state index contributed by atoms with van der Waals surface area (Å²) in [5, 5.41) is 4.61. The van der Waals surface area contributed by atoms with Crippen LogP contribution >= 0.6 is 0 Å². The van der Waals surface area contributed by atoms with Gasteiger partial charge in [0.2, 0.25) is 5.91 Å². The van der Waals surface area contributed by atoms with Gasteiger partial charge < -0.3 is 10.6 Å². The molecule has 0 radical (unpaired) electrons. The molecule has 1 amide bonds. The van der Waals surface area contributed by atoms with Gasteiger partial charge in [-0.1, -0.05) is 44.2 Å². The largest absolute Gasteiger partial charge is 0.329 e. The zero-order valence-electron chi connectivity index (χ0n) is 12.9. The van der Waals surface area contributed by atoms with E-state index in [1.807, 2.05) is 39.9 Å². The van der Waals surface area contributed by atoms with Gasteiger partial charge in [-0.05, 0) is 5.92 Å². The third-order valence-electron chi connectivity index (χ3n) is 4.01. The van der Waals surface area contributed by atoms with Crippen LogP contribution in [-0.4, -0.2) is 38.7 Å². The molecule has 116 valence electrons. The molecule has 1 atom stereocenters. The van der Waals surface area contributed by atoms with Crippen molar-refractivity contribution in [2.45, 2.75) is 26.4 Å². The molecule has 0 bridgehead atoms. The Bertz CT molecular complexity index is 664. The Kier molecular flexibility index (Phi) is 3.94. The van der Waals surface area contributed by atoms with Crippen molar-refractivity contribution in [3.05, 3.63) is 36.2 Å². The Hall–Kier alpha value is -2.21. The lowest BCUT2D eigenvalue weighted by Gasteiger charge is -2.37. The fourth-order valence-electron chi connectivity index (χ4n) is 2.98. The second-order valence-corrected chi connectivity index (χ2v) is 5.86. The molecular weight excluding hydrogens is 278 g/mol. The number of carbonyl (C=O) groups excluding carboxylic acids is 1.